The van der Waals surface area contributed by atoms with Crippen molar-refractivity contribution in [1.29, 1.82) is 0 Å². The summed E-state index contributed by atoms with van der Waals surface area (Å²) in [7, 11) is 0. The van der Waals surface area contributed by atoms with Gasteiger partial charge in [-0.2, -0.15) is 0 Å². The van der Waals surface area contributed by atoms with E-state index in [4.69, 9.17) is 0 Å². The van der Waals surface area contributed by atoms with E-state index in [1.807, 2.05) is 0 Å². The maximum Gasteiger partial charge on any atom is 0.229 e. The van der Waals surface area contributed by atoms with E-state index >= 15 is 0 Å². The molecule has 3 nitrogen and oxygen atoms in total. The van der Waals surface area contributed by atoms with Crippen molar-refractivity contribution in [3.05, 3.63) is 35.4 Å². The molecule has 0 saturated carbocycles. The molecule has 0 radical (unpaired) electrons. The van der Waals surface area contributed by atoms with Crippen LogP contribution in [0.15, 0.2) is 24.3 Å². The van der Waals surface area contributed by atoms with Crippen LogP contribution in [0, 0.1) is 12.3 Å². The number of benzene rings is 1. The summed E-state index contributed by atoms with van der Waals surface area (Å²) in [5.74, 6) is 0.386. The molecule has 1 aromatic carbocycles. The van der Waals surface area contributed by atoms with Crippen LogP contribution in [0.2, 0.25) is 0 Å². The van der Waals surface area contributed by atoms with E-state index in [1.165, 1.54) is 11.1 Å². The number of nitrogens with zero attached hydrogens (tertiary/aromatic N) is 1. The molecule has 1 aromatic rings. The maximum absolute atomic E-state index is 12.7. The second kappa shape index (κ2) is 4.97. The summed E-state index contributed by atoms with van der Waals surface area (Å²) in [6, 6.07) is 8.37. The van der Waals surface area contributed by atoms with Gasteiger partial charge in [0, 0.05) is 13.1 Å². The highest BCUT2D eigenvalue weighted by atomic mass is 16.2. The van der Waals surface area contributed by atoms with E-state index in [0.717, 1.165) is 45.4 Å². The second-order valence-corrected chi connectivity index (χ2v) is 5.93. The van der Waals surface area contributed by atoms with Gasteiger partial charge in [0.15, 0.2) is 0 Å². The predicted octanol–water partition coefficient (Wildman–Crippen LogP) is 2.10. The van der Waals surface area contributed by atoms with Gasteiger partial charge in [-0.25, -0.2) is 0 Å². The van der Waals surface area contributed by atoms with Gasteiger partial charge in [0.2, 0.25) is 5.91 Å². The molecule has 3 heteroatoms. The molecule has 1 N–H and O–H groups in total. The molecule has 0 aromatic heterocycles. The van der Waals surface area contributed by atoms with E-state index in [0.29, 0.717) is 5.91 Å². The average molecular weight is 258 g/mol. The highest BCUT2D eigenvalue weighted by Crippen LogP contribution is 2.40. The Hall–Kier alpha value is -1.35. The van der Waals surface area contributed by atoms with Gasteiger partial charge in [-0.1, -0.05) is 24.3 Å². The van der Waals surface area contributed by atoms with E-state index in [9.17, 15) is 4.79 Å². The minimum Gasteiger partial charge on any atom is -0.338 e. The zero-order chi connectivity index (χ0) is 13.3. The Morgan fingerprint density at radius 2 is 1.95 bits per heavy atom. The van der Waals surface area contributed by atoms with Crippen LogP contribution in [-0.2, 0) is 11.3 Å². The molecule has 1 amide bonds. The second-order valence-electron chi connectivity index (χ2n) is 5.93. The first-order valence-corrected chi connectivity index (χ1v) is 7.26. The minimum atomic E-state index is -0.0477. The van der Waals surface area contributed by atoms with Crippen LogP contribution in [0.5, 0.6) is 0 Å². The summed E-state index contributed by atoms with van der Waals surface area (Å²) < 4.78 is 0. The topological polar surface area (TPSA) is 32.3 Å². The van der Waals surface area contributed by atoms with Gasteiger partial charge in [0.05, 0.1) is 5.41 Å². The average Bonchev–Trinajstić information content (AvgIpc) is 2.72. The van der Waals surface area contributed by atoms with Crippen molar-refractivity contribution < 1.29 is 4.79 Å². The van der Waals surface area contributed by atoms with Crippen molar-refractivity contribution in [2.45, 2.75) is 32.7 Å². The number of hydrogen-bond acceptors (Lipinski definition) is 2. The summed E-state index contributed by atoms with van der Waals surface area (Å²) in [4.78, 5) is 14.8. The number of rotatable bonds is 2. The van der Waals surface area contributed by atoms with Gasteiger partial charge >= 0.3 is 0 Å². The first-order chi connectivity index (χ1) is 9.21. The standard InChI is InChI=1S/C16H22N2O/c1-13-4-2-3-5-14(13)12-18-11-8-16(15(18)19)6-9-17-10-7-16/h2-5,17H,6-12H2,1H3. The molecule has 3 rings (SSSR count). The van der Waals surface area contributed by atoms with Gasteiger partial charge in [-0.3, -0.25) is 4.79 Å². The molecule has 102 valence electrons. The van der Waals surface area contributed by atoms with E-state index in [-0.39, 0.29) is 5.41 Å². The third kappa shape index (κ3) is 2.27. The molecule has 2 aliphatic rings. The Labute approximate surface area is 115 Å². The van der Waals surface area contributed by atoms with Gasteiger partial charge in [-0.05, 0) is 50.4 Å². The molecule has 0 aliphatic carbocycles. The third-order valence-electron chi connectivity index (χ3n) is 4.78. The van der Waals surface area contributed by atoms with Crippen LogP contribution in [0.25, 0.3) is 0 Å². The molecule has 0 atom stereocenters. The molecule has 0 unspecified atom stereocenters. The first-order valence-electron chi connectivity index (χ1n) is 7.26. The Morgan fingerprint density at radius 3 is 2.68 bits per heavy atom. The Bertz CT molecular complexity index is 477. The summed E-state index contributed by atoms with van der Waals surface area (Å²) >= 11 is 0. The lowest BCUT2D eigenvalue weighted by molar-refractivity contribution is -0.137. The molecular weight excluding hydrogens is 236 g/mol. The Balaban J connectivity index is 1.74. The number of likely N-dealkylation sites (tertiary alicyclic amines) is 1. The zero-order valence-corrected chi connectivity index (χ0v) is 11.6. The largest absolute Gasteiger partial charge is 0.338 e. The Morgan fingerprint density at radius 1 is 1.21 bits per heavy atom. The van der Waals surface area contributed by atoms with Crippen molar-refractivity contribution in [3.63, 3.8) is 0 Å². The minimum absolute atomic E-state index is 0.0477. The molecular formula is C16H22N2O. The molecule has 2 fully saturated rings. The van der Waals surface area contributed by atoms with Crippen molar-refractivity contribution in [2.24, 2.45) is 5.41 Å². The summed E-state index contributed by atoms with van der Waals surface area (Å²) in [6.45, 7) is 5.80. The number of carbonyl (C=O) groups is 1. The smallest absolute Gasteiger partial charge is 0.229 e. The molecule has 1 spiro atoms. The third-order valence-corrected chi connectivity index (χ3v) is 4.78. The van der Waals surface area contributed by atoms with Crippen LogP contribution in [0.3, 0.4) is 0 Å². The van der Waals surface area contributed by atoms with Crippen molar-refractivity contribution >= 4 is 5.91 Å². The van der Waals surface area contributed by atoms with Crippen molar-refractivity contribution in [2.75, 3.05) is 19.6 Å². The predicted molar refractivity (Wildman–Crippen MR) is 75.7 cm³/mol. The van der Waals surface area contributed by atoms with Gasteiger partial charge in [-0.15, -0.1) is 0 Å². The number of piperidine rings is 1. The highest BCUT2D eigenvalue weighted by Gasteiger charge is 2.46. The highest BCUT2D eigenvalue weighted by molar-refractivity contribution is 5.85. The van der Waals surface area contributed by atoms with Crippen LogP contribution in [0.1, 0.15) is 30.4 Å². The number of aryl methyl sites for hydroxylation is 1. The summed E-state index contributed by atoms with van der Waals surface area (Å²) in [5.41, 5.74) is 2.51. The van der Waals surface area contributed by atoms with Crippen molar-refractivity contribution in [1.82, 2.24) is 10.2 Å². The fourth-order valence-electron chi connectivity index (χ4n) is 3.41. The molecule has 2 saturated heterocycles. The number of amides is 1. The lowest BCUT2D eigenvalue weighted by atomic mass is 9.78. The molecule has 2 aliphatic heterocycles. The SMILES string of the molecule is Cc1ccccc1CN1CCC2(CCNCC2)C1=O. The normalized spacial score (nSPS) is 22.2. The lowest BCUT2D eigenvalue weighted by Gasteiger charge is -2.32. The van der Waals surface area contributed by atoms with Crippen LogP contribution in [-0.4, -0.2) is 30.4 Å². The quantitative estimate of drug-likeness (QED) is 0.881. The van der Waals surface area contributed by atoms with Crippen LogP contribution in [0.4, 0.5) is 0 Å². The van der Waals surface area contributed by atoms with Crippen LogP contribution < -0.4 is 5.32 Å². The lowest BCUT2D eigenvalue weighted by Crippen LogP contribution is -2.42. The van der Waals surface area contributed by atoms with E-state index in [1.54, 1.807) is 0 Å². The molecule has 2 heterocycles. The van der Waals surface area contributed by atoms with Gasteiger partial charge in [0.25, 0.3) is 0 Å². The van der Waals surface area contributed by atoms with Crippen LogP contribution >= 0.6 is 0 Å². The maximum atomic E-state index is 12.7. The monoisotopic (exact) mass is 258 g/mol. The number of carbonyl (C=O) groups excluding carboxylic acids is 1. The van der Waals surface area contributed by atoms with Gasteiger partial charge < -0.3 is 10.2 Å². The summed E-state index contributed by atoms with van der Waals surface area (Å²) in [5, 5.41) is 3.36. The van der Waals surface area contributed by atoms with E-state index in [2.05, 4.69) is 41.4 Å². The molecule has 0 bridgehead atoms. The Kier molecular flexibility index (Phi) is 3.31. The fourth-order valence-corrected chi connectivity index (χ4v) is 3.41. The zero-order valence-electron chi connectivity index (χ0n) is 11.6. The van der Waals surface area contributed by atoms with Gasteiger partial charge in [0.1, 0.15) is 0 Å². The van der Waals surface area contributed by atoms with E-state index < -0.39 is 0 Å². The number of hydrogen-bond donors (Lipinski definition) is 1. The fraction of sp³-hybridized carbons (Fsp3) is 0.562. The first kappa shape index (κ1) is 12.7. The molecule has 19 heavy (non-hydrogen) atoms. The number of nitrogens with one attached hydrogen (secondary N) is 1. The van der Waals surface area contributed by atoms with Crippen molar-refractivity contribution in [3.8, 4) is 0 Å². The summed E-state index contributed by atoms with van der Waals surface area (Å²) in [6.07, 6.45) is 3.06.